The molecule has 0 radical (unpaired) electrons. The molecule has 1 rings (SSSR count). The molecule has 94 valence electrons. The lowest BCUT2D eigenvalue weighted by Gasteiger charge is -2.15. The zero-order valence-electron chi connectivity index (χ0n) is 10.4. The molecule has 17 heavy (non-hydrogen) atoms. The minimum absolute atomic E-state index is 0.186. The third-order valence-electron chi connectivity index (χ3n) is 2.45. The normalized spacial score (nSPS) is 10.6. The Balaban J connectivity index is 2.42. The SMILES string of the molecule is CCCCN(C)CC(=O)Nc1ccccc1F. The van der Waals surface area contributed by atoms with Gasteiger partial charge >= 0.3 is 0 Å². The average Bonchev–Trinajstić information content (AvgIpc) is 2.29. The van der Waals surface area contributed by atoms with E-state index >= 15 is 0 Å². The van der Waals surface area contributed by atoms with Gasteiger partial charge in [0.25, 0.3) is 0 Å². The highest BCUT2D eigenvalue weighted by molar-refractivity contribution is 5.92. The van der Waals surface area contributed by atoms with Crippen LogP contribution in [0.25, 0.3) is 0 Å². The maximum absolute atomic E-state index is 13.3. The molecule has 1 N–H and O–H groups in total. The number of unbranched alkanes of at least 4 members (excludes halogenated alkanes) is 1. The lowest BCUT2D eigenvalue weighted by molar-refractivity contribution is -0.117. The molecule has 0 saturated heterocycles. The Morgan fingerprint density at radius 2 is 2.12 bits per heavy atom. The Bertz CT molecular complexity index is 368. The Labute approximate surface area is 102 Å². The van der Waals surface area contributed by atoms with Gasteiger partial charge in [-0.25, -0.2) is 4.39 Å². The van der Waals surface area contributed by atoms with Gasteiger partial charge in [-0.05, 0) is 32.1 Å². The van der Waals surface area contributed by atoms with E-state index in [-0.39, 0.29) is 18.1 Å². The summed E-state index contributed by atoms with van der Waals surface area (Å²) in [6.45, 7) is 3.27. The monoisotopic (exact) mass is 238 g/mol. The van der Waals surface area contributed by atoms with Crippen molar-refractivity contribution in [2.45, 2.75) is 19.8 Å². The fourth-order valence-electron chi connectivity index (χ4n) is 1.50. The van der Waals surface area contributed by atoms with Crippen LogP contribution in [0, 0.1) is 5.82 Å². The van der Waals surface area contributed by atoms with Crippen LogP contribution in [0.3, 0.4) is 0 Å². The Hall–Kier alpha value is -1.42. The molecule has 0 bridgehead atoms. The number of carbonyl (C=O) groups excluding carboxylic acids is 1. The minimum atomic E-state index is -0.405. The molecule has 4 heteroatoms. The van der Waals surface area contributed by atoms with Gasteiger partial charge in [0.1, 0.15) is 5.82 Å². The topological polar surface area (TPSA) is 32.3 Å². The largest absolute Gasteiger partial charge is 0.322 e. The molecule has 0 aromatic heterocycles. The van der Waals surface area contributed by atoms with E-state index in [1.807, 2.05) is 11.9 Å². The zero-order chi connectivity index (χ0) is 12.7. The number of nitrogens with one attached hydrogen (secondary N) is 1. The summed E-state index contributed by atoms with van der Waals surface area (Å²) in [6, 6.07) is 6.17. The quantitative estimate of drug-likeness (QED) is 0.825. The number of para-hydroxylation sites is 1. The Morgan fingerprint density at radius 3 is 2.76 bits per heavy atom. The highest BCUT2D eigenvalue weighted by Gasteiger charge is 2.08. The molecule has 1 amide bonds. The van der Waals surface area contributed by atoms with E-state index < -0.39 is 5.82 Å². The van der Waals surface area contributed by atoms with Gasteiger partial charge in [-0.1, -0.05) is 25.5 Å². The first-order valence-electron chi connectivity index (χ1n) is 5.86. The van der Waals surface area contributed by atoms with Gasteiger partial charge in [0.2, 0.25) is 5.91 Å². The third-order valence-corrected chi connectivity index (χ3v) is 2.45. The molecule has 0 heterocycles. The fraction of sp³-hybridized carbons (Fsp3) is 0.462. The maximum Gasteiger partial charge on any atom is 0.238 e. The van der Waals surface area contributed by atoms with E-state index in [2.05, 4.69) is 12.2 Å². The van der Waals surface area contributed by atoms with Crippen molar-refractivity contribution >= 4 is 11.6 Å². The second-order valence-electron chi connectivity index (χ2n) is 4.12. The van der Waals surface area contributed by atoms with Crippen molar-refractivity contribution in [2.75, 3.05) is 25.5 Å². The van der Waals surface area contributed by atoms with Crippen LogP contribution < -0.4 is 5.32 Å². The Kier molecular flexibility index (Phi) is 5.63. The lowest BCUT2D eigenvalue weighted by Crippen LogP contribution is -2.31. The molecule has 0 unspecified atom stereocenters. The van der Waals surface area contributed by atoms with Gasteiger partial charge < -0.3 is 5.32 Å². The molecule has 0 fully saturated rings. The van der Waals surface area contributed by atoms with Crippen LogP contribution in [0.4, 0.5) is 10.1 Å². The summed E-state index contributed by atoms with van der Waals surface area (Å²) in [5, 5.41) is 2.56. The molecule has 0 aliphatic carbocycles. The fourth-order valence-corrected chi connectivity index (χ4v) is 1.50. The summed E-state index contributed by atoms with van der Waals surface area (Å²) in [6.07, 6.45) is 2.16. The number of amides is 1. The molecule has 3 nitrogen and oxygen atoms in total. The summed E-state index contributed by atoms with van der Waals surface area (Å²) in [4.78, 5) is 13.5. The number of likely N-dealkylation sites (N-methyl/N-ethyl adjacent to an activating group) is 1. The van der Waals surface area contributed by atoms with Gasteiger partial charge in [-0.15, -0.1) is 0 Å². The van der Waals surface area contributed by atoms with Crippen molar-refractivity contribution in [3.8, 4) is 0 Å². The highest BCUT2D eigenvalue weighted by atomic mass is 19.1. The zero-order valence-corrected chi connectivity index (χ0v) is 10.4. The predicted octanol–water partition coefficient (Wildman–Crippen LogP) is 2.50. The summed E-state index contributed by atoms with van der Waals surface area (Å²) >= 11 is 0. The molecule has 0 aliphatic rings. The van der Waals surface area contributed by atoms with Gasteiger partial charge in [0.05, 0.1) is 12.2 Å². The van der Waals surface area contributed by atoms with Crippen molar-refractivity contribution in [1.29, 1.82) is 0 Å². The van der Waals surface area contributed by atoms with E-state index in [9.17, 15) is 9.18 Å². The van der Waals surface area contributed by atoms with Crippen LogP contribution >= 0.6 is 0 Å². The van der Waals surface area contributed by atoms with Gasteiger partial charge in [-0.3, -0.25) is 9.69 Å². The highest BCUT2D eigenvalue weighted by Crippen LogP contribution is 2.11. The number of hydrogen-bond donors (Lipinski definition) is 1. The standard InChI is InChI=1S/C13H19FN2O/c1-3-4-9-16(2)10-13(17)15-12-8-6-5-7-11(12)14/h5-8H,3-4,9-10H2,1-2H3,(H,15,17). The van der Waals surface area contributed by atoms with Crippen LogP contribution in [0.15, 0.2) is 24.3 Å². The van der Waals surface area contributed by atoms with E-state index in [4.69, 9.17) is 0 Å². The second-order valence-corrected chi connectivity index (χ2v) is 4.12. The first kappa shape index (κ1) is 13.6. The second kappa shape index (κ2) is 7.01. The minimum Gasteiger partial charge on any atom is -0.322 e. The van der Waals surface area contributed by atoms with Crippen molar-refractivity contribution in [3.63, 3.8) is 0 Å². The van der Waals surface area contributed by atoms with Gasteiger partial charge in [0.15, 0.2) is 0 Å². The first-order chi connectivity index (χ1) is 8.13. The maximum atomic E-state index is 13.3. The number of halogens is 1. The van der Waals surface area contributed by atoms with E-state index in [1.165, 1.54) is 6.07 Å². The van der Waals surface area contributed by atoms with Crippen LogP contribution in [-0.4, -0.2) is 30.9 Å². The van der Waals surface area contributed by atoms with Crippen molar-refractivity contribution in [2.24, 2.45) is 0 Å². The van der Waals surface area contributed by atoms with Crippen LogP contribution in [-0.2, 0) is 4.79 Å². The third kappa shape index (κ3) is 4.95. The number of benzene rings is 1. The van der Waals surface area contributed by atoms with Gasteiger partial charge in [-0.2, -0.15) is 0 Å². The number of hydrogen-bond acceptors (Lipinski definition) is 2. The summed E-state index contributed by atoms with van der Waals surface area (Å²) in [5.74, 6) is -0.592. The van der Waals surface area contributed by atoms with Crippen molar-refractivity contribution < 1.29 is 9.18 Å². The molecule has 0 saturated carbocycles. The lowest BCUT2D eigenvalue weighted by atomic mass is 10.3. The molecular formula is C13H19FN2O. The summed E-state index contributed by atoms with van der Waals surface area (Å²) < 4.78 is 13.3. The van der Waals surface area contributed by atoms with Gasteiger partial charge in [0, 0.05) is 0 Å². The molecule has 1 aromatic rings. The summed E-state index contributed by atoms with van der Waals surface area (Å²) in [5.41, 5.74) is 0.237. The molecule has 0 spiro atoms. The van der Waals surface area contributed by atoms with E-state index in [1.54, 1.807) is 18.2 Å². The number of rotatable bonds is 6. The first-order valence-corrected chi connectivity index (χ1v) is 5.86. The van der Waals surface area contributed by atoms with Crippen molar-refractivity contribution in [3.05, 3.63) is 30.1 Å². The predicted molar refractivity (Wildman–Crippen MR) is 67.4 cm³/mol. The Morgan fingerprint density at radius 1 is 1.41 bits per heavy atom. The molecule has 0 atom stereocenters. The van der Waals surface area contributed by atoms with Crippen molar-refractivity contribution in [1.82, 2.24) is 4.90 Å². The van der Waals surface area contributed by atoms with Crippen LogP contribution in [0.1, 0.15) is 19.8 Å². The van der Waals surface area contributed by atoms with E-state index in [0.717, 1.165) is 19.4 Å². The number of anilines is 1. The average molecular weight is 238 g/mol. The number of carbonyl (C=O) groups is 1. The molecular weight excluding hydrogens is 219 g/mol. The van der Waals surface area contributed by atoms with E-state index in [0.29, 0.717) is 0 Å². The molecule has 1 aromatic carbocycles. The van der Waals surface area contributed by atoms with Crippen LogP contribution in [0.2, 0.25) is 0 Å². The number of nitrogens with zero attached hydrogens (tertiary/aromatic N) is 1. The smallest absolute Gasteiger partial charge is 0.238 e. The summed E-state index contributed by atoms with van der Waals surface area (Å²) in [7, 11) is 1.89. The van der Waals surface area contributed by atoms with Crippen LogP contribution in [0.5, 0.6) is 0 Å². The molecule has 0 aliphatic heterocycles.